The molecule has 2 nitrogen and oxygen atoms in total. The van der Waals surface area contributed by atoms with E-state index in [0.29, 0.717) is 5.25 Å². The average molecular weight is 188 g/mol. The predicted octanol–water partition coefficient (Wildman–Crippen LogP) is 1.32. The lowest BCUT2D eigenvalue weighted by molar-refractivity contribution is 0.127. The zero-order chi connectivity index (χ0) is 8.55. The fourth-order valence-electron chi connectivity index (χ4n) is 1.70. The van der Waals surface area contributed by atoms with Crippen molar-refractivity contribution in [2.45, 2.75) is 37.5 Å². The second-order valence-electron chi connectivity index (χ2n) is 3.89. The molecule has 1 saturated heterocycles. The predicted molar refractivity (Wildman–Crippen MR) is 49.6 cm³/mol. The molecule has 0 aromatic carbocycles. The van der Waals surface area contributed by atoms with Crippen molar-refractivity contribution in [3.8, 4) is 0 Å². The fourth-order valence-corrected chi connectivity index (χ4v) is 3.61. The standard InChI is InChI=1S/C9H16O2S/c1-7-9(4-5-11-7)12(10)6-8-2-3-8/h7-9H,2-6H2,1H3. The molecule has 1 aliphatic heterocycles. The fraction of sp³-hybridized carbons (Fsp3) is 1.00. The minimum Gasteiger partial charge on any atom is -0.377 e. The van der Waals surface area contributed by atoms with E-state index in [1.165, 1.54) is 12.8 Å². The van der Waals surface area contributed by atoms with Crippen LogP contribution in [0.5, 0.6) is 0 Å². The molecule has 70 valence electrons. The summed E-state index contributed by atoms with van der Waals surface area (Å²) in [4.78, 5) is 0. The molecule has 3 heteroatoms. The van der Waals surface area contributed by atoms with Gasteiger partial charge in [-0.1, -0.05) is 0 Å². The van der Waals surface area contributed by atoms with Crippen molar-refractivity contribution in [1.29, 1.82) is 0 Å². The molecular formula is C9H16O2S. The van der Waals surface area contributed by atoms with Crippen LogP contribution in [-0.4, -0.2) is 27.9 Å². The SMILES string of the molecule is CC1OCCC1S(=O)CC1CC1. The third kappa shape index (κ3) is 1.88. The molecule has 2 fully saturated rings. The van der Waals surface area contributed by atoms with E-state index in [0.717, 1.165) is 24.7 Å². The van der Waals surface area contributed by atoms with Crippen molar-refractivity contribution in [3.05, 3.63) is 0 Å². The van der Waals surface area contributed by atoms with Gasteiger partial charge in [0.05, 0.1) is 11.4 Å². The van der Waals surface area contributed by atoms with E-state index in [9.17, 15) is 4.21 Å². The van der Waals surface area contributed by atoms with Gasteiger partial charge in [0.2, 0.25) is 0 Å². The lowest BCUT2D eigenvalue weighted by Gasteiger charge is -2.12. The Morgan fingerprint density at radius 2 is 2.17 bits per heavy atom. The van der Waals surface area contributed by atoms with Crippen molar-refractivity contribution in [1.82, 2.24) is 0 Å². The van der Waals surface area contributed by atoms with E-state index >= 15 is 0 Å². The number of hydrogen-bond acceptors (Lipinski definition) is 2. The van der Waals surface area contributed by atoms with Gasteiger partial charge in [-0.05, 0) is 32.1 Å². The van der Waals surface area contributed by atoms with Gasteiger partial charge in [0.25, 0.3) is 0 Å². The average Bonchev–Trinajstić information content (AvgIpc) is 2.72. The van der Waals surface area contributed by atoms with Gasteiger partial charge in [-0.25, -0.2) is 0 Å². The van der Waals surface area contributed by atoms with E-state index in [2.05, 4.69) is 0 Å². The number of ether oxygens (including phenoxy) is 1. The molecule has 0 bridgehead atoms. The Labute approximate surface area is 76.1 Å². The summed E-state index contributed by atoms with van der Waals surface area (Å²) >= 11 is 0. The highest BCUT2D eigenvalue weighted by atomic mass is 32.2. The maximum atomic E-state index is 11.7. The van der Waals surface area contributed by atoms with Crippen LogP contribution in [0.3, 0.4) is 0 Å². The van der Waals surface area contributed by atoms with Crippen LogP contribution in [0.1, 0.15) is 26.2 Å². The quantitative estimate of drug-likeness (QED) is 0.667. The summed E-state index contributed by atoms with van der Waals surface area (Å²) in [5.41, 5.74) is 0. The van der Waals surface area contributed by atoms with Crippen molar-refractivity contribution in [3.63, 3.8) is 0 Å². The van der Waals surface area contributed by atoms with Crippen LogP contribution in [-0.2, 0) is 15.5 Å². The highest BCUT2D eigenvalue weighted by Crippen LogP contribution is 2.31. The second kappa shape index (κ2) is 3.46. The van der Waals surface area contributed by atoms with Gasteiger partial charge in [-0.3, -0.25) is 4.21 Å². The minimum absolute atomic E-state index is 0.226. The first kappa shape index (κ1) is 8.70. The van der Waals surface area contributed by atoms with Gasteiger partial charge in [0, 0.05) is 23.2 Å². The lowest BCUT2D eigenvalue weighted by Crippen LogP contribution is -2.25. The molecule has 12 heavy (non-hydrogen) atoms. The summed E-state index contributed by atoms with van der Waals surface area (Å²) in [6.45, 7) is 2.85. The van der Waals surface area contributed by atoms with E-state index in [4.69, 9.17) is 4.74 Å². The largest absolute Gasteiger partial charge is 0.377 e. The summed E-state index contributed by atoms with van der Waals surface area (Å²) in [5, 5.41) is 0.325. The van der Waals surface area contributed by atoms with Crippen LogP contribution < -0.4 is 0 Å². The van der Waals surface area contributed by atoms with Gasteiger partial charge >= 0.3 is 0 Å². The summed E-state index contributed by atoms with van der Waals surface area (Å²) in [6, 6.07) is 0. The summed E-state index contributed by atoms with van der Waals surface area (Å²) in [7, 11) is -0.618. The van der Waals surface area contributed by atoms with Gasteiger partial charge in [-0.15, -0.1) is 0 Å². The van der Waals surface area contributed by atoms with Crippen LogP contribution in [0.25, 0.3) is 0 Å². The minimum atomic E-state index is -0.618. The lowest BCUT2D eigenvalue weighted by atomic mass is 10.3. The van der Waals surface area contributed by atoms with Gasteiger partial charge in [0.15, 0.2) is 0 Å². The van der Waals surface area contributed by atoms with Crippen LogP contribution in [0.4, 0.5) is 0 Å². The van der Waals surface area contributed by atoms with E-state index in [1.807, 2.05) is 6.92 Å². The van der Waals surface area contributed by atoms with E-state index < -0.39 is 10.8 Å². The Balaban J connectivity index is 1.84. The molecule has 0 amide bonds. The normalized spacial score (nSPS) is 38.4. The molecule has 1 heterocycles. The zero-order valence-electron chi connectivity index (χ0n) is 7.49. The molecule has 0 aromatic heterocycles. The molecular weight excluding hydrogens is 172 g/mol. The Morgan fingerprint density at radius 1 is 1.42 bits per heavy atom. The monoisotopic (exact) mass is 188 g/mol. The van der Waals surface area contributed by atoms with Crippen molar-refractivity contribution >= 4 is 10.8 Å². The maximum absolute atomic E-state index is 11.7. The van der Waals surface area contributed by atoms with Crippen LogP contribution in [0.2, 0.25) is 0 Å². The Bertz CT molecular complexity index is 189. The Morgan fingerprint density at radius 3 is 2.67 bits per heavy atom. The first-order chi connectivity index (χ1) is 5.77. The molecule has 0 aromatic rings. The van der Waals surface area contributed by atoms with E-state index in [1.54, 1.807) is 0 Å². The van der Waals surface area contributed by atoms with Gasteiger partial charge in [0.1, 0.15) is 0 Å². The van der Waals surface area contributed by atoms with Crippen LogP contribution in [0.15, 0.2) is 0 Å². The van der Waals surface area contributed by atoms with Crippen LogP contribution in [0, 0.1) is 5.92 Å². The highest BCUT2D eigenvalue weighted by molar-refractivity contribution is 7.85. The smallest absolute Gasteiger partial charge is 0.0691 e. The number of hydrogen-bond donors (Lipinski definition) is 0. The molecule has 0 N–H and O–H groups in total. The maximum Gasteiger partial charge on any atom is 0.0691 e. The Kier molecular flexibility index (Phi) is 2.51. The summed E-state index contributed by atoms with van der Waals surface area (Å²) in [6.07, 6.45) is 3.83. The van der Waals surface area contributed by atoms with Crippen LogP contribution >= 0.6 is 0 Å². The third-order valence-corrected chi connectivity index (χ3v) is 4.84. The second-order valence-corrected chi connectivity index (χ2v) is 5.59. The zero-order valence-corrected chi connectivity index (χ0v) is 8.31. The van der Waals surface area contributed by atoms with Gasteiger partial charge < -0.3 is 4.74 Å². The first-order valence-electron chi connectivity index (χ1n) is 4.76. The Hall–Kier alpha value is 0.110. The van der Waals surface area contributed by atoms with E-state index in [-0.39, 0.29) is 6.10 Å². The van der Waals surface area contributed by atoms with Crippen molar-refractivity contribution < 1.29 is 8.95 Å². The molecule has 1 saturated carbocycles. The number of rotatable bonds is 3. The third-order valence-electron chi connectivity index (χ3n) is 2.74. The first-order valence-corrected chi connectivity index (χ1v) is 6.14. The molecule has 1 aliphatic carbocycles. The molecule has 2 rings (SSSR count). The molecule has 2 aliphatic rings. The molecule has 3 atom stereocenters. The molecule has 0 spiro atoms. The molecule has 3 unspecified atom stereocenters. The van der Waals surface area contributed by atoms with Gasteiger partial charge in [-0.2, -0.15) is 0 Å². The van der Waals surface area contributed by atoms with Crippen molar-refractivity contribution in [2.75, 3.05) is 12.4 Å². The van der Waals surface area contributed by atoms with Crippen molar-refractivity contribution in [2.24, 2.45) is 5.92 Å². The summed E-state index contributed by atoms with van der Waals surface area (Å²) < 4.78 is 17.1. The molecule has 0 radical (unpaired) electrons. The topological polar surface area (TPSA) is 26.3 Å². The highest BCUT2D eigenvalue weighted by Gasteiger charge is 2.33. The summed E-state index contributed by atoms with van der Waals surface area (Å²) in [5.74, 6) is 1.71.